The fraction of sp³-hybridized carbons (Fsp3) is 0.0667. The first-order chi connectivity index (χ1) is 10.5. The Labute approximate surface area is 124 Å². The molecule has 7 nitrogen and oxygen atoms in total. The van der Waals surface area contributed by atoms with Crippen molar-refractivity contribution < 1.29 is 9.72 Å². The minimum absolute atomic E-state index is 0.183. The highest BCUT2D eigenvalue weighted by atomic mass is 16.6. The van der Waals surface area contributed by atoms with Crippen molar-refractivity contribution in [2.45, 2.75) is 6.92 Å². The number of H-pyrrole nitrogens is 1. The van der Waals surface area contributed by atoms with Gasteiger partial charge in [-0.2, -0.15) is 0 Å². The lowest BCUT2D eigenvalue weighted by Gasteiger charge is -2.05. The summed E-state index contributed by atoms with van der Waals surface area (Å²) in [5.74, 6) is -0.519. The Morgan fingerprint density at radius 2 is 1.95 bits per heavy atom. The van der Waals surface area contributed by atoms with Crippen LogP contribution in [0, 0.1) is 17.0 Å². The molecule has 0 spiro atoms. The summed E-state index contributed by atoms with van der Waals surface area (Å²) in [6.07, 6.45) is 0. The van der Waals surface area contributed by atoms with E-state index < -0.39 is 16.5 Å². The number of imidazole rings is 1. The van der Waals surface area contributed by atoms with Gasteiger partial charge < -0.3 is 4.98 Å². The van der Waals surface area contributed by atoms with Crippen LogP contribution in [0.25, 0.3) is 11.0 Å². The Bertz CT molecular complexity index is 968. The van der Waals surface area contributed by atoms with Gasteiger partial charge in [0.25, 0.3) is 11.6 Å². The van der Waals surface area contributed by atoms with Gasteiger partial charge in [0.05, 0.1) is 16.0 Å². The number of hydrogen-bond donors (Lipinski definition) is 1. The number of nitro benzene ring substituents is 1. The quantitative estimate of drug-likeness (QED) is 0.579. The molecule has 1 N–H and O–H groups in total. The summed E-state index contributed by atoms with van der Waals surface area (Å²) < 4.78 is 0.921. The Morgan fingerprint density at radius 3 is 2.64 bits per heavy atom. The topological polar surface area (TPSA) is 98.0 Å². The third kappa shape index (κ3) is 2.08. The predicted molar refractivity (Wildman–Crippen MR) is 80.1 cm³/mol. The molecule has 0 amide bonds. The van der Waals surface area contributed by atoms with Crippen molar-refractivity contribution in [3.05, 3.63) is 74.2 Å². The zero-order valence-electron chi connectivity index (χ0n) is 11.6. The number of carbonyl (C=O) groups is 1. The number of nitrogens with zero attached hydrogens (tertiary/aromatic N) is 2. The summed E-state index contributed by atoms with van der Waals surface area (Å²) >= 11 is 0. The van der Waals surface area contributed by atoms with Crippen LogP contribution in [0.1, 0.15) is 15.9 Å². The van der Waals surface area contributed by atoms with Crippen LogP contribution >= 0.6 is 0 Å². The molecule has 1 aromatic heterocycles. The van der Waals surface area contributed by atoms with E-state index in [0.29, 0.717) is 11.1 Å². The second-order valence-corrected chi connectivity index (χ2v) is 4.84. The van der Waals surface area contributed by atoms with Crippen LogP contribution < -0.4 is 5.69 Å². The molecule has 7 heteroatoms. The number of rotatable bonds is 2. The van der Waals surface area contributed by atoms with Crippen molar-refractivity contribution >= 4 is 22.6 Å². The van der Waals surface area contributed by atoms with Crippen LogP contribution in [0.3, 0.4) is 0 Å². The van der Waals surface area contributed by atoms with Crippen LogP contribution in [-0.2, 0) is 0 Å². The summed E-state index contributed by atoms with van der Waals surface area (Å²) in [6.45, 7) is 1.76. The van der Waals surface area contributed by atoms with E-state index >= 15 is 0 Å². The van der Waals surface area contributed by atoms with Gasteiger partial charge in [-0.25, -0.2) is 9.36 Å². The van der Waals surface area contributed by atoms with Crippen molar-refractivity contribution in [1.29, 1.82) is 0 Å². The standard InChI is InChI=1S/C15H11N3O4/c1-9-4-2-3-5-11(9)14(19)17-13-8-10(18(21)22)6-7-12(13)16-15(17)20/h2-8H,1H3,(H,16,20). The number of non-ortho nitro benzene ring substituents is 1. The van der Waals surface area contributed by atoms with Crippen LogP contribution in [-0.4, -0.2) is 20.4 Å². The van der Waals surface area contributed by atoms with Gasteiger partial charge in [0.15, 0.2) is 0 Å². The molecule has 0 aliphatic carbocycles. The van der Waals surface area contributed by atoms with Gasteiger partial charge in [-0.05, 0) is 24.6 Å². The van der Waals surface area contributed by atoms with Crippen molar-refractivity contribution in [2.75, 3.05) is 0 Å². The van der Waals surface area contributed by atoms with Gasteiger partial charge in [-0.1, -0.05) is 18.2 Å². The number of hydrogen-bond acceptors (Lipinski definition) is 4. The van der Waals surface area contributed by atoms with E-state index in [1.165, 1.54) is 18.2 Å². The van der Waals surface area contributed by atoms with Gasteiger partial charge in [0, 0.05) is 17.7 Å². The fourth-order valence-electron chi connectivity index (χ4n) is 2.34. The Morgan fingerprint density at radius 1 is 1.23 bits per heavy atom. The lowest BCUT2D eigenvalue weighted by molar-refractivity contribution is -0.384. The van der Waals surface area contributed by atoms with E-state index in [9.17, 15) is 19.7 Å². The summed E-state index contributed by atoms with van der Waals surface area (Å²) in [7, 11) is 0. The maximum Gasteiger partial charge on any atom is 0.333 e. The third-order valence-corrected chi connectivity index (χ3v) is 3.46. The minimum atomic E-state index is -0.622. The number of aromatic nitrogens is 2. The molecule has 3 rings (SSSR count). The molecule has 110 valence electrons. The molecular formula is C15H11N3O4. The van der Waals surface area contributed by atoms with E-state index in [-0.39, 0.29) is 11.2 Å². The molecule has 0 unspecified atom stereocenters. The second kappa shape index (κ2) is 4.96. The summed E-state index contributed by atoms with van der Waals surface area (Å²) in [4.78, 5) is 37.5. The Kier molecular flexibility index (Phi) is 3.10. The zero-order chi connectivity index (χ0) is 15.9. The monoisotopic (exact) mass is 297 g/mol. The average molecular weight is 297 g/mol. The molecule has 0 aliphatic rings. The number of fused-ring (bicyclic) bond motifs is 1. The molecule has 0 saturated heterocycles. The SMILES string of the molecule is Cc1ccccc1C(=O)n1c(=O)[nH]c2ccc([N+](=O)[O-])cc21. The highest BCUT2D eigenvalue weighted by Crippen LogP contribution is 2.20. The number of nitro groups is 1. The molecule has 0 aliphatic heterocycles. The van der Waals surface area contributed by atoms with E-state index in [1.54, 1.807) is 31.2 Å². The van der Waals surface area contributed by atoms with Crippen LogP contribution in [0.2, 0.25) is 0 Å². The fourth-order valence-corrected chi connectivity index (χ4v) is 2.34. The lowest BCUT2D eigenvalue weighted by Crippen LogP contribution is -2.25. The number of aryl methyl sites for hydroxylation is 1. The molecule has 0 radical (unpaired) electrons. The molecule has 0 fully saturated rings. The van der Waals surface area contributed by atoms with Gasteiger partial charge in [-0.15, -0.1) is 0 Å². The van der Waals surface area contributed by atoms with Gasteiger partial charge >= 0.3 is 5.69 Å². The molecule has 0 bridgehead atoms. The van der Waals surface area contributed by atoms with Crippen LogP contribution in [0.5, 0.6) is 0 Å². The molecule has 0 atom stereocenters. The number of benzene rings is 2. The maximum atomic E-state index is 12.6. The molecule has 1 heterocycles. The average Bonchev–Trinajstić information content (AvgIpc) is 2.81. The van der Waals surface area contributed by atoms with Gasteiger partial charge in [0.1, 0.15) is 0 Å². The molecule has 2 aromatic carbocycles. The summed E-state index contributed by atoms with van der Waals surface area (Å²) in [6, 6.07) is 10.8. The maximum absolute atomic E-state index is 12.6. The number of nitrogens with one attached hydrogen (secondary N) is 1. The minimum Gasteiger partial charge on any atom is -0.305 e. The van der Waals surface area contributed by atoms with E-state index in [1.807, 2.05) is 0 Å². The Balaban J connectivity index is 2.26. The highest BCUT2D eigenvalue weighted by Gasteiger charge is 2.19. The van der Waals surface area contributed by atoms with Crippen molar-refractivity contribution in [3.8, 4) is 0 Å². The highest BCUT2D eigenvalue weighted by molar-refractivity contribution is 6.02. The van der Waals surface area contributed by atoms with E-state index in [4.69, 9.17) is 0 Å². The van der Waals surface area contributed by atoms with Crippen molar-refractivity contribution in [2.24, 2.45) is 0 Å². The van der Waals surface area contributed by atoms with Crippen molar-refractivity contribution in [3.63, 3.8) is 0 Å². The van der Waals surface area contributed by atoms with E-state index in [0.717, 1.165) is 10.1 Å². The summed E-state index contributed by atoms with van der Waals surface area (Å²) in [5.41, 5.74) is 0.850. The molecule has 22 heavy (non-hydrogen) atoms. The Hall–Kier alpha value is -3.22. The second-order valence-electron chi connectivity index (χ2n) is 4.84. The van der Waals surface area contributed by atoms with Gasteiger partial charge in [0.2, 0.25) is 0 Å². The van der Waals surface area contributed by atoms with Crippen LogP contribution in [0.15, 0.2) is 47.3 Å². The van der Waals surface area contributed by atoms with Gasteiger partial charge in [-0.3, -0.25) is 14.9 Å². The first-order valence-corrected chi connectivity index (χ1v) is 6.48. The van der Waals surface area contributed by atoms with Crippen molar-refractivity contribution in [1.82, 2.24) is 9.55 Å². The largest absolute Gasteiger partial charge is 0.333 e. The zero-order valence-corrected chi connectivity index (χ0v) is 11.6. The normalized spacial score (nSPS) is 10.8. The molecule has 3 aromatic rings. The number of carbonyl (C=O) groups excluding carboxylic acids is 1. The first kappa shape index (κ1) is 13.7. The van der Waals surface area contributed by atoms with Crippen LogP contribution in [0.4, 0.5) is 5.69 Å². The molecular weight excluding hydrogens is 286 g/mol. The molecule has 0 saturated carbocycles. The first-order valence-electron chi connectivity index (χ1n) is 6.48. The van der Waals surface area contributed by atoms with E-state index in [2.05, 4.69) is 4.98 Å². The smallest absolute Gasteiger partial charge is 0.305 e. The lowest BCUT2D eigenvalue weighted by atomic mass is 10.1. The predicted octanol–water partition coefficient (Wildman–Crippen LogP) is 2.23. The third-order valence-electron chi connectivity index (χ3n) is 3.46. The number of aromatic amines is 1. The summed E-state index contributed by atoms with van der Waals surface area (Å²) in [5, 5.41) is 10.9.